The summed E-state index contributed by atoms with van der Waals surface area (Å²) in [5, 5.41) is 18.7. The zero-order valence-electron chi connectivity index (χ0n) is 10.9. The van der Waals surface area contributed by atoms with E-state index in [9.17, 15) is 5.11 Å². The van der Waals surface area contributed by atoms with Gasteiger partial charge in [-0.15, -0.1) is 0 Å². The molecule has 0 aromatic heterocycles. The summed E-state index contributed by atoms with van der Waals surface area (Å²) in [5.41, 5.74) is 2.26. The van der Waals surface area contributed by atoms with Crippen molar-refractivity contribution in [3.8, 4) is 0 Å². The Hall–Kier alpha value is -1.06. The van der Waals surface area contributed by atoms with E-state index in [1.807, 2.05) is 18.2 Å². The van der Waals surface area contributed by atoms with E-state index >= 15 is 0 Å². The van der Waals surface area contributed by atoms with Gasteiger partial charge in [0.25, 0.3) is 0 Å². The van der Waals surface area contributed by atoms with Gasteiger partial charge in [-0.25, -0.2) is 0 Å². The van der Waals surface area contributed by atoms with Crippen LogP contribution in [0.25, 0.3) is 0 Å². The van der Waals surface area contributed by atoms with Gasteiger partial charge in [0.2, 0.25) is 0 Å². The standard InChI is InChI=1S/C15H23NO2/c17-12-6-2-1-5-10-16-11-9-15(18)13-7-3-4-8-14(13)16/h3-4,7-8,15,17-18H,1-2,5-6,9-12H2. The molecule has 0 aliphatic carbocycles. The third-order valence-electron chi connectivity index (χ3n) is 3.65. The Bertz CT molecular complexity index is 367. The number of hydrogen-bond donors (Lipinski definition) is 2. The van der Waals surface area contributed by atoms with E-state index in [1.54, 1.807) is 0 Å². The molecule has 0 saturated heterocycles. The van der Waals surface area contributed by atoms with Crippen molar-refractivity contribution in [3.63, 3.8) is 0 Å². The highest BCUT2D eigenvalue weighted by molar-refractivity contribution is 5.56. The molecule has 0 saturated carbocycles. The molecule has 1 aromatic carbocycles. The van der Waals surface area contributed by atoms with E-state index in [1.165, 1.54) is 12.1 Å². The molecule has 1 aliphatic heterocycles. The van der Waals surface area contributed by atoms with Crippen molar-refractivity contribution in [2.45, 2.75) is 38.2 Å². The summed E-state index contributed by atoms with van der Waals surface area (Å²) in [5.74, 6) is 0. The van der Waals surface area contributed by atoms with Gasteiger partial charge in [0.1, 0.15) is 0 Å². The predicted molar refractivity (Wildman–Crippen MR) is 73.8 cm³/mol. The molecule has 1 atom stereocenters. The van der Waals surface area contributed by atoms with Crippen molar-refractivity contribution < 1.29 is 10.2 Å². The summed E-state index contributed by atoms with van der Waals surface area (Å²) in [6.07, 6.45) is 4.87. The van der Waals surface area contributed by atoms with Gasteiger partial charge in [-0.3, -0.25) is 0 Å². The average molecular weight is 249 g/mol. The predicted octanol–water partition coefficient (Wildman–Crippen LogP) is 2.48. The number of anilines is 1. The smallest absolute Gasteiger partial charge is 0.0826 e. The van der Waals surface area contributed by atoms with Crippen molar-refractivity contribution in [3.05, 3.63) is 29.8 Å². The molecule has 2 rings (SSSR count). The molecule has 100 valence electrons. The normalized spacial score (nSPS) is 18.8. The van der Waals surface area contributed by atoms with Crippen LogP contribution < -0.4 is 4.90 Å². The summed E-state index contributed by atoms with van der Waals surface area (Å²) in [6.45, 7) is 2.30. The number of fused-ring (bicyclic) bond motifs is 1. The molecule has 1 unspecified atom stereocenters. The van der Waals surface area contributed by atoms with E-state index < -0.39 is 0 Å². The van der Waals surface area contributed by atoms with Crippen LogP contribution in [0.4, 0.5) is 5.69 Å². The van der Waals surface area contributed by atoms with Gasteiger partial charge in [0.05, 0.1) is 6.10 Å². The number of unbranched alkanes of at least 4 members (excludes halogenated alkanes) is 3. The van der Waals surface area contributed by atoms with Crippen molar-refractivity contribution in [1.29, 1.82) is 0 Å². The van der Waals surface area contributed by atoms with E-state index in [-0.39, 0.29) is 6.10 Å². The van der Waals surface area contributed by atoms with Crippen LogP contribution in [-0.2, 0) is 0 Å². The lowest BCUT2D eigenvalue weighted by Crippen LogP contribution is -2.32. The quantitative estimate of drug-likeness (QED) is 0.761. The number of rotatable bonds is 6. The van der Waals surface area contributed by atoms with Gasteiger partial charge in [-0.05, 0) is 25.3 Å². The van der Waals surface area contributed by atoms with Gasteiger partial charge in [-0.1, -0.05) is 31.0 Å². The second kappa shape index (κ2) is 6.76. The second-order valence-electron chi connectivity index (χ2n) is 4.99. The number of benzene rings is 1. The molecule has 3 nitrogen and oxygen atoms in total. The highest BCUT2D eigenvalue weighted by atomic mass is 16.3. The minimum atomic E-state index is -0.299. The third kappa shape index (κ3) is 3.24. The molecule has 18 heavy (non-hydrogen) atoms. The first-order valence-corrected chi connectivity index (χ1v) is 6.95. The lowest BCUT2D eigenvalue weighted by Gasteiger charge is -2.33. The summed E-state index contributed by atoms with van der Waals surface area (Å²) < 4.78 is 0. The Labute approximate surface area is 109 Å². The molecular weight excluding hydrogens is 226 g/mol. The minimum absolute atomic E-state index is 0.299. The average Bonchev–Trinajstić information content (AvgIpc) is 2.41. The van der Waals surface area contributed by atoms with Crippen LogP contribution in [0.15, 0.2) is 24.3 Å². The fourth-order valence-electron chi connectivity index (χ4n) is 2.61. The largest absolute Gasteiger partial charge is 0.396 e. The van der Waals surface area contributed by atoms with Crippen LogP contribution in [0.2, 0.25) is 0 Å². The maximum atomic E-state index is 9.97. The monoisotopic (exact) mass is 249 g/mol. The van der Waals surface area contributed by atoms with Crippen LogP contribution >= 0.6 is 0 Å². The number of aliphatic hydroxyl groups excluding tert-OH is 2. The van der Waals surface area contributed by atoms with Gasteiger partial charge in [0.15, 0.2) is 0 Å². The first kappa shape index (κ1) is 13.4. The molecule has 2 N–H and O–H groups in total. The maximum absolute atomic E-state index is 9.97. The molecule has 0 amide bonds. The van der Waals surface area contributed by atoms with Gasteiger partial charge in [-0.2, -0.15) is 0 Å². The SMILES string of the molecule is OCCCCCCN1CCC(O)c2ccccc21. The van der Waals surface area contributed by atoms with Crippen LogP contribution in [0.3, 0.4) is 0 Å². The van der Waals surface area contributed by atoms with Gasteiger partial charge < -0.3 is 15.1 Å². The zero-order chi connectivity index (χ0) is 12.8. The first-order valence-electron chi connectivity index (χ1n) is 6.95. The summed E-state index contributed by atoms with van der Waals surface area (Å²) in [7, 11) is 0. The van der Waals surface area contributed by atoms with Crippen molar-refractivity contribution in [2.24, 2.45) is 0 Å². The molecule has 3 heteroatoms. The van der Waals surface area contributed by atoms with Crippen LogP contribution in [0, 0.1) is 0 Å². The number of aliphatic hydroxyl groups is 2. The number of para-hydroxylation sites is 1. The van der Waals surface area contributed by atoms with Crippen molar-refractivity contribution in [1.82, 2.24) is 0 Å². The summed E-state index contributed by atoms with van der Waals surface area (Å²) >= 11 is 0. The lowest BCUT2D eigenvalue weighted by atomic mass is 9.98. The fraction of sp³-hybridized carbons (Fsp3) is 0.600. The van der Waals surface area contributed by atoms with Gasteiger partial charge in [0, 0.05) is 30.9 Å². The summed E-state index contributed by atoms with van der Waals surface area (Å²) in [6, 6.07) is 8.16. The van der Waals surface area contributed by atoms with E-state index in [0.717, 1.165) is 44.3 Å². The Kier molecular flexibility index (Phi) is 5.02. The highest BCUT2D eigenvalue weighted by Gasteiger charge is 2.22. The van der Waals surface area contributed by atoms with E-state index in [4.69, 9.17) is 5.11 Å². The molecule has 0 spiro atoms. The number of nitrogens with zero attached hydrogens (tertiary/aromatic N) is 1. The fourth-order valence-corrected chi connectivity index (χ4v) is 2.61. The topological polar surface area (TPSA) is 43.7 Å². The molecule has 1 aliphatic rings. The van der Waals surface area contributed by atoms with Crippen LogP contribution in [0.1, 0.15) is 43.8 Å². The highest BCUT2D eigenvalue weighted by Crippen LogP contribution is 2.33. The van der Waals surface area contributed by atoms with E-state index in [0.29, 0.717) is 6.61 Å². The first-order chi connectivity index (χ1) is 8.83. The Morgan fingerprint density at radius 3 is 2.72 bits per heavy atom. The van der Waals surface area contributed by atoms with Crippen molar-refractivity contribution >= 4 is 5.69 Å². The molecule has 0 bridgehead atoms. The second-order valence-corrected chi connectivity index (χ2v) is 4.99. The Morgan fingerprint density at radius 1 is 1.11 bits per heavy atom. The van der Waals surface area contributed by atoms with Crippen molar-refractivity contribution in [2.75, 3.05) is 24.6 Å². The Balaban J connectivity index is 1.89. The summed E-state index contributed by atoms with van der Waals surface area (Å²) in [4.78, 5) is 2.38. The molecule has 1 aromatic rings. The van der Waals surface area contributed by atoms with Crippen LogP contribution in [-0.4, -0.2) is 29.9 Å². The third-order valence-corrected chi connectivity index (χ3v) is 3.65. The molecule has 0 radical (unpaired) electrons. The maximum Gasteiger partial charge on any atom is 0.0826 e. The Morgan fingerprint density at radius 2 is 1.89 bits per heavy atom. The zero-order valence-corrected chi connectivity index (χ0v) is 10.9. The van der Waals surface area contributed by atoms with Crippen LogP contribution in [0.5, 0.6) is 0 Å². The number of hydrogen-bond acceptors (Lipinski definition) is 3. The lowest BCUT2D eigenvalue weighted by molar-refractivity contribution is 0.164. The minimum Gasteiger partial charge on any atom is -0.396 e. The van der Waals surface area contributed by atoms with Gasteiger partial charge >= 0.3 is 0 Å². The molecule has 0 fully saturated rings. The molecule has 1 heterocycles. The van der Waals surface area contributed by atoms with E-state index in [2.05, 4.69) is 11.0 Å². The molecular formula is C15H23NO2.